The minimum absolute atomic E-state index is 0.0756. The minimum Gasteiger partial charge on any atom is -0.385 e. The Bertz CT molecular complexity index is 834. The first kappa shape index (κ1) is 15.0. The van der Waals surface area contributed by atoms with Crippen LogP contribution in [0.2, 0.25) is 0 Å². The van der Waals surface area contributed by atoms with E-state index in [2.05, 4.69) is 30.1 Å². The zero-order valence-corrected chi connectivity index (χ0v) is 13.8. The molecule has 2 aromatic carbocycles. The number of rotatable bonds is 4. The Morgan fingerprint density at radius 1 is 1.21 bits per heavy atom. The quantitative estimate of drug-likeness (QED) is 0.899. The summed E-state index contributed by atoms with van der Waals surface area (Å²) in [5.74, 6) is -0.344. The lowest BCUT2D eigenvalue weighted by molar-refractivity contribution is 0.0999. The topological polar surface area (TPSA) is 55.1 Å². The Kier molecular flexibility index (Phi) is 3.45. The molecule has 0 saturated heterocycles. The largest absolute Gasteiger partial charge is 0.385 e. The summed E-state index contributed by atoms with van der Waals surface area (Å²) >= 11 is 0. The summed E-state index contributed by atoms with van der Waals surface area (Å²) < 4.78 is 0. The zero-order valence-electron chi connectivity index (χ0n) is 13.8. The molecule has 1 amide bonds. The molecule has 1 fully saturated rings. The fraction of sp³-hybridized carbons (Fsp3) is 0.286. The van der Waals surface area contributed by atoms with Crippen LogP contribution in [0.4, 0.5) is 5.69 Å². The van der Waals surface area contributed by atoms with Crippen LogP contribution in [0.15, 0.2) is 43.0 Å². The number of carbonyl (C=O) groups excluding carboxylic acids is 1. The van der Waals surface area contributed by atoms with Crippen molar-refractivity contribution in [1.29, 1.82) is 0 Å². The number of primary amides is 1. The average molecular weight is 318 g/mol. The van der Waals surface area contributed by atoms with Gasteiger partial charge in [-0.1, -0.05) is 36.9 Å². The van der Waals surface area contributed by atoms with Crippen molar-refractivity contribution in [3.05, 3.63) is 70.8 Å². The van der Waals surface area contributed by atoms with Crippen molar-refractivity contribution in [2.24, 2.45) is 5.73 Å². The third-order valence-electron chi connectivity index (χ3n) is 5.40. The van der Waals surface area contributed by atoms with Gasteiger partial charge in [0.2, 0.25) is 5.91 Å². The highest BCUT2D eigenvalue weighted by atomic mass is 16.1. The van der Waals surface area contributed by atoms with Gasteiger partial charge in [-0.05, 0) is 60.1 Å². The van der Waals surface area contributed by atoms with Gasteiger partial charge < -0.3 is 11.1 Å². The van der Waals surface area contributed by atoms with Crippen LogP contribution < -0.4 is 11.1 Å². The Morgan fingerprint density at radius 3 is 2.71 bits per heavy atom. The molecule has 0 bridgehead atoms. The maximum atomic E-state index is 11.9. The van der Waals surface area contributed by atoms with Gasteiger partial charge in [0.05, 0.1) is 0 Å². The van der Waals surface area contributed by atoms with E-state index in [1.807, 2.05) is 24.3 Å². The van der Waals surface area contributed by atoms with E-state index in [4.69, 9.17) is 5.73 Å². The molecule has 3 heteroatoms. The van der Waals surface area contributed by atoms with Crippen LogP contribution in [0.3, 0.4) is 0 Å². The highest BCUT2D eigenvalue weighted by Crippen LogP contribution is 2.56. The second kappa shape index (κ2) is 5.52. The van der Waals surface area contributed by atoms with E-state index in [0.29, 0.717) is 5.56 Å². The molecule has 3 nitrogen and oxygen atoms in total. The molecule has 24 heavy (non-hydrogen) atoms. The molecule has 1 aliphatic carbocycles. The van der Waals surface area contributed by atoms with Crippen LogP contribution in [0, 0.1) is 0 Å². The number of benzene rings is 2. The first-order valence-electron chi connectivity index (χ1n) is 8.59. The molecule has 2 aliphatic rings. The molecule has 0 atom stereocenters. The molecular formula is C21H22N2O. The second-order valence-corrected chi connectivity index (χ2v) is 6.82. The number of hydrogen-bond donors (Lipinski definition) is 2. The lowest BCUT2D eigenvalue weighted by Crippen LogP contribution is -2.22. The van der Waals surface area contributed by atoms with Crippen molar-refractivity contribution >= 4 is 17.7 Å². The normalized spacial score (nSPS) is 17.5. The van der Waals surface area contributed by atoms with E-state index >= 15 is 0 Å². The summed E-state index contributed by atoms with van der Waals surface area (Å²) in [7, 11) is 0. The van der Waals surface area contributed by atoms with Crippen LogP contribution in [-0.2, 0) is 11.8 Å². The van der Waals surface area contributed by atoms with Crippen LogP contribution in [0.25, 0.3) is 6.08 Å². The summed E-state index contributed by atoms with van der Waals surface area (Å²) in [6, 6.07) is 12.2. The molecule has 3 N–H and O–H groups in total. The fourth-order valence-corrected chi connectivity index (χ4v) is 4.08. The highest BCUT2D eigenvalue weighted by molar-refractivity contribution is 5.95. The van der Waals surface area contributed by atoms with Gasteiger partial charge >= 0.3 is 0 Å². The van der Waals surface area contributed by atoms with E-state index in [0.717, 1.165) is 43.4 Å². The minimum atomic E-state index is -0.344. The number of nitrogens with two attached hydrogens (primary N) is 1. The summed E-state index contributed by atoms with van der Waals surface area (Å²) in [6.45, 7) is 4.95. The predicted octanol–water partition coefficient (Wildman–Crippen LogP) is 3.87. The van der Waals surface area contributed by atoms with Crippen molar-refractivity contribution in [2.75, 3.05) is 11.9 Å². The van der Waals surface area contributed by atoms with Crippen LogP contribution in [0.1, 0.15) is 51.9 Å². The number of amides is 1. The lowest BCUT2D eigenvalue weighted by Gasteiger charge is -2.28. The fourth-order valence-electron chi connectivity index (χ4n) is 4.08. The Morgan fingerprint density at radius 2 is 2.00 bits per heavy atom. The van der Waals surface area contributed by atoms with Gasteiger partial charge in [0, 0.05) is 23.2 Å². The van der Waals surface area contributed by atoms with Crippen molar-refractivity contribution in [1.82, 2.24) is 0 Å². The molecule has 4 rings (SSSR count). The first-order valence-corrected chi connectivity index (χ1v) is 8.59. The highest BCUT2D eigenvalue weighted by Gasteiger charge is 2.49. The number of carbonyl (C=O) groups is 1. The van der Waals surface area contributed by atoms with Crippen molar-refractivity contribution in [3.8, 4) is 0 Å². The van der Waals surface area contributed by atoms with Crippen LogP contribution in [-0.4, -0.2) is 12.5 Å². The number of anilines is 1. The number of nitrogens with one attached hydrogen (secondary N) is 1. The molecule has 122 valence electrons. The summed E-state index contributed by atoms with van der Waals surface area (Å²) in [5.41, 5.74) is 12.4. The van der Waals surface area contributed by atoms with Gasteiger partial charge in [-0.3, -0.25) is 4.79 Å². The van der Waals surface area contributed by atoms with E-state index in [1.54, 1.807) is 0 Å². The van der Waals surface area contributed by atoms with Crippen LogP contribution in [0.5, 0.6) is 0 Å². The molecule has 1 saturated carbocycles. The third-order valence-corrected chi connectivity index (χ3v) is 5.40. The number of fused-ring (bicyclic) bond motifs is 1. The van der Waals surface area contributed by atoms with Gasteiger partial charge in [0.15, 0.2) is 0 Å². The Hall–Kier alpha value is -2.55. The van der Waals surface area contributed by atoms with Crippen molar-refractivity contribution < 1.29 is 4.79 Å². The van der Waals surface area contributed by atoms with Gasteiger partial charge in [-0.15, -0.1) is 0 Å². The first-order chi connectivity index (χ1) is 11.7. The molecule has 2 aromatic rings. The van der Waals surface area contributed by atoms with E-state index in [9.17, 15) is 4.79 Å². The third kappa shape index (κ3) is 2.23. The zero-order chi connectivity index (χ0) is 16.7. The maximum absolute atomic E-state index is 11.9. The molecule has 1 aliphatic heterocycles. The molecule has 0 aromatic heterocycles. The monoisotopic (exact) mass is 318 g/mol. The van der Waals surface area contributed by atoms with Gasteiger partial charge in [0.1, 0.15) is 0 Å². The molecule has 0 radical (unpaired) electrons. The summed E-state index contributed by atoms with van der Waals surface area (Å²) in [6.07, 6.45) is 6.24. The second-order valence-electron chi connectivity index (χ2n) is 6.82. The number of hydrogen-bond acceptors (Lipinski definition) is 2. The van der Waals surface area contributed by atoms with E-state index in [1.165, 1.54) is 16.8 Å². The average Bonchev–Trinajstić information content (AvgIpc) is 3.42. The van der Waals surface area contributed by atoms with Gasteiger partial charge in [-0.2, -0.15) is 0 Å². The van der Waals surface area contributed by atoms with E-state index in [-0.39, 0.29) is 11.3 Å². The smallest absolute Gasteiger partial charge is 0.249 e. The molecular weight excluding hydrogens is 296 g/mol. The summed E-state index contributed by atoms with van der Waals surface area (Å²) in [4.78, 5) is 11.9. The molecule has 1 heterocycles. The summed E-state index contributed by atoms with van der Waals surface area (Å²) in [5, 5.41) is 3.53. The molecule has 0 spiro atoms. The SMILES string of the molecule is C=Cc1cc2c(c(C3(c4ccccc4C(N)=O)CC3)c1)CCCN2. The predicted molar refractivity (Wildman–Crippen MR) is 98.3 cm³/mol. The van der Waals surface area contributed by atoms with Crippen molar-refractivity contribution in [2.45, 2.75) is 31.1 Å². The Labute approximate surface area is 142 Å². The molecule has 0 unspecified atom stereocenters. The van der Waals surface area contributed by atoms with Gasteiger partial charge in [-0.25, -0.2) is 0 Å². The van der Waals surface area contributed by atoms with Gasteiger partial charge in [0.25, 0.3) is 0 Å². The maximum Gasteiger partial charge on any atom is 0.249 e. The van der Waals surface area contributed by atoms with Crippen LogP contribution >= 0.6 is 0 Å². The van der Waals surface area contributed by atoms with E-state index < -0.39 is 0 Å². The standard InChI is InChI=1S/C21H22N2O/c1-2-14-12-18(15-7-5-11-23-19(15)13-14)21(9-10-21)17-8-4-3-6-16(17)20(22)24/h2-4,6,8,12-13,23H,1,5,7,9-11H2,(H2,22,24). The lowest BCUT2D eigenvalue weighted by atomic mass is 9.79. The van der Waals surface area contributed by atoms with Crippen molar-refractivity contribution in [3.63, 3.8) is 0 Å². The Balaban J connectivity index is 1.93.